The van der Waals surface area contributed by atoms with E-state index in [2.05, 4.69) is 74.5 Å². The van der Waals surface area contributed by atoms with Crippen molar-refractivity contribution in [2.75, 3.05) is 13.2 Å². The first-order valence-corrected chi connectivity index (χ1v) is 13.8. The van der Waals surface area contributed by atoms with Crippen LogP contribution in [0.15, 0.2) is 109 Å². The molecule has 0 saturated heterocycles. The molecular weight excluding hydrogens is 528 g/mol. The zero-order chi connectivity index (χ0) is 29.9. The van der Waals surface area contributed by atoms with E-state index in [-0.39, 0.29) is 13.2 Å². The first-order valence-electron chi connectivity index (χ1n) is 13.8. The minimum atomic E-state index is -0.748. The second-order valence-corrected chi connectivity index (χ2v) is 9.51. The maximum Gasteiger partial charge on any atom is 0.513 e. The van der Waals surface area contributed by atoms with Gasteiger partial charge in [0.2, 0.25) is 0 Å². The molecule has 0 spiro atoms. The fourth-order valence-corrected chi connectivity index (χ4v) is 4.24. The topological polar surface area (TPSA) is 71.1 Å². The highest BCUT2D eigenvalue weighted by Crippen LogP contribution is 2.30. The quantitative estimate of drug-likeness (QED) is 0.115. The Kier molecular flexibility index (Phi) is 10.3. The highest BCUT2D eigenvalue weighted by atomic mass is 16.7. The molecule has 0 aliphatic heterocycles. The van der Waals surface area contributed by atoms with Crippen molar-refractivity contribution >= 4 is 23.5 Å². The number of aryl methyl sites for hydroxylation is 2. The van der Waals surface area contributed by atoms with Gasteiger partial charge in [-0.3, -0.25) is 0 Å². The van der Waals surface area contributed by atoms with Crippen molar-refractivity contribution in [1.29, 1.82) is 0 Å². The van der Waals surface area contributed by atoms with Gasteiger partial charge in [-0.25, -0.2) is 9.59 Å². The van der Waals surface area contributed by atoms with Gasteiger partial charge in [0.15, 0.2) is 0 Å². The van der Waals surface area contributed by atoms with E-state index in [1.165, 1.54) is 11.1 Å². The lowest BCUT2D eigenvalue weighted by Gasteiger charge is -2.12. The highest BCUT2D eigenvalue weighted by Gasteiger charge is 2.11. The zero-order valence-corrected chi connectivity index (χ0v) is 24.3. The molecular formula is C36H34O6. The number of carbonyl (C=O) groups is 2. The van der Waals surface area contributed by atoms with E-state index in [4.69, 9.17) is 18.9 Å². The van der Waals surface area contributed by atoms with Gasteiger partial charge >= 0.3 is 12.3 Å². The number of allylic oxidation sites excluding steroid dienone is 2. The summed E-state index contributed by atoms with van der Waals surface area (Å²) in [5.41, 5.74) is 8.34. The molecule has 6 nitrogen and oxygen atoms in total. The van der Waals surface area contributed by atoms with Crippen LogP contribution < -0.4 is 9.47 Å². The van der Waals surface area contributed by atoms with Crippen molar-refractivity contribution < 1.29 is 28.5 Å². The van der Waals surface area contributed by atoms with Crippen LogP contribution in [0.2, 0.25) is 0 Å². The minimum absolute atomic E-state index is 0.232. The first-order chi connectivity index (χ1) is 20.4. The summed E-state index contributed by atoms with van der Waals surface area (Å²) in [7, 11) is 0. The number of benzene rings is 4. The Hall–Kier alpha value is -5.10. The molecule has 0 radical (unpaired) electrons. The Morgan fingerprint density at radius 3 is 1.07 bits per heavy atom. The third kappa shape index (κ3) is 8.21. The monoisotopic (exact) mass is 562 g/mol. The van der Waals surface area contributed by atoms with Gasteiger partial charge in [0.25, 0.3) is 0 Å². The van der Waals surface area contributed by atoms with Crippen LogP contribution >= 0.6 is 0 Å². The summed E-state index contributed by atoms with van der Waals surface area (Å²) in [6.07, 6.45) is 2.68. The van der Waals surface area contributed by atoms with Gasteiger partial charge in [-0.15, -0.1) is 0 Å². The van der Waals surface area contributed by atoms with Gasteiger partial charge in [0.05, 0.1) is 13.2 Å². The van der Waals surface area contributed by atoms with E-state index in [1.807, 2.05) is 24.3 Å². The average molecular weight is 563 g/mol. The van der Waals surface area contributed by atoms with Gasteiger partial charge in [-0.05, 0) is 85.4 Å². The standard InChI is InChI=1S/C36H34O6/c1-5-39-35(37)41-31-19-15-29(16-20-31)34(30-17-21-32(22-18-30)42-36(38)40-6-2)24-23-33(27-11-7-25(3)8-12-27)28-13-9-26(4)10-14-28/h7-24H,5-6H2,1-4H3. The van der Waals surface area contributed by atoms with E-state index in [0.717, 1.165) is 33.4 Å². The van der Waals surface area contributed by atoms with Crippen molar-refractivity contribution in [3.8, 4) is 11.5 Å². The molecule has 6 heteroatoms. The summed E-state index contributed by atoms with van der Waals surface area (Å²) < 4.78 is 20.3. The molecule has 0 bridgehead atoms. The SMILES string of the molecule is CCOC(=O)Oc1ccc(C(=CC=C(c2ccc(C)cc2)c2ccc(C)cc2)c2ccc(OC(=O)OCC)cc2)cc1. The number of rotatable bonds is 9. The lowest BCUT2D eigenvalue weighted by Crippen LogP contribution is -2.10. The summed E-state index contributed by atoms with van der Waals surface area (Å²) in [6.45, 7) is 8.05. The average Bonchev–Trinajstić information content (AvgIpc) is 2.98. The maximum atomic E-state index is 11.8. The van der Waals surface area contributed by atoms with Gasteiger partial charge in [0, 0.05) is 0 Å². The summed E-state index contributed by atoms with van der Waals surface area (Å²) in [6, 6.07) is 31.3. The van der Waals surface area contributed by atoms with Crippen LogP contribution in [0.1, 0.15) is 47.2 Å². The minimum Gasteiger partial charge on any atom is -0.434 e. The van der Waals surface area contributed by atoms with Crippen LogP contribution in [0, 0.1) is 13.8 Å². The Balaban J connectivity index is 1.78. The van der Waals surface area contributed by atoms with E-state index in [9.17, 15) is 9.59 Å². The molecule has 0 aliphatic carbocycles. The largest absolute Gasteiger partial charge is 0.513 e. The predicted octanol–water partition coefficient (Wildman–Crippen LogP) is 8.94. The van der Waals surface area contributed by atoms with Gasteiger partial charge in [-0.2, -0.15) is 0 Å². The van der Waals surface area contributed by atoms with E-state index in [1.54, 1.807) is 38.1 Å². The van der Waals surface area contributed by atoms with Crippen molar-refractivity contribution in [2.24, 2.45) is 0 Å². The van der Waals surface area contributed by atoms with Gasteiger partial charge < -0.3 is 18.9 Å². The maximum absolute atomic E-state index is 11.8. The Morgan fingerprint density at radius 2 is 0.786 bits per heavy atom. The third-order valence-corrected chi connectivity index (χ3v) is 6.40. The summed E-state index contributed by atoms with van der Waals surface area (Å²) >= 11 is 0. The fourth-order valence-electron chi connectivity index (χ4n) is 4.24. The normalized spacial score (nSPS) is 10.3. The van der Waals surface area contributed by atoms with Crippen molar-refractivity contribution in [3.05, 3.63) is 143 Å². The molecule has 0 atom stereocenters. The third-order valence-electron chi connectivity index (χ3n) is 6.40. The number of hydrogen-bond acceptors (Lipinski definition) is 6. The van der Waals surface area contributed by atoms with Crippen LogP contribution in [0.5, 0.6) is 11.5 Å². The van der Waals surface area contributed by atoms with Gasteiger partial charge in [0.1, 0.15) is 11.5 Å². The highest BCUT2D eigenvalue weighted by molar-refractivity contribution is 5.86. The lowest BCUT2D eigenvalue weighted by atomic mass is 9.93. The smallest absolute Gasteiger partial charge is 0.434 e. The number of carbonyl (C=O) groups excluding carboxylic acids is 2. The number of ether oxygens (including phenoxy) is 4. The van der Waals surface area contributed by atoms with E-state index < -0.39 is 12.3 Å². The first kappa shape index (κ1) is 29.9. The predicted molar refractivity (Wildman–Crippen MR) is 165 cm³/mol. The van der Waals surface area contributed by atoms with Crippen molar-refractivity contribution in [1.82, 2.24) is 0 Å². The summed E-state index contributed by atoms with van der Waals surface area (Å²) in [5, 5.41) is 0. The molecule has 0 aliphatic rings. The Labute approximate surface area is 246 Å². The Morgan fingerprint density at radius 1 is 0.500 bits per heavy atom. The molecule has 4 rings (SSSR count). The van der Waals surface area contributed by atoms with Crippen molar-refractivity contribution in [3.63, 3.8) is 0 Å². The Bertz CT molecular complexity index is 1430. The molecule has 214 valence electrons. The molecule has 4 aromatic carbocycles. The van der Waals surface area contributed by atoms with E-state index >= 15 is 0 Å². The molecule has 42 heavy (non-hydrogen) atoms. The van der Waals surface area contributed by atoms with Crippen LogP contribution in [0.3, 0.4) is 0 Å². The molecule has 0 amide bonds. The van der Waals surface area contributed by atoms with E-state index in [0.29, 0.717) is 11.5 Å². The van der Waals surface area contributed by atoms with Crippen molar-refractivity contribution in [2.45, 2.75) is 27.7 Å². The lowest BCUT2D eigenvalue weighted by molar-refractivity contribution is 0.103. The fraction of sp³-hybridized carbons (Fsp3) is 0.167. The molecule has 0 saturated carbocycles. The molecule has 0 unspecified atom stereocenters. The summed E-state index contributed by atoms with van der Waals surface area (Å²) in [4.78, 5) is 23.6. The second-order valence-electron chi connectivity index (χ2n) is 9.51. The number of hydrogen-bond donors (Lipinski definition) is 0. The zero-order valence-electron chi connectivity index (χ0n) is 24.3. The summed E-state index contributed by atoms with van der Waals surface area (Å²) in [5.74, 6) is 0.760. The second kappa shape index (κ2) is 14.5. The molecule has 0 heterocycles. The van der Waals surface area contributed by atoms with Crippen LogP contribution in [0.25, 0.3) is 11.1 Å². The van der Waals surface area contributed by atoms with Crippen LogP contribution in [-0.4, -0.2) is 25.5 Å². The van der Waals surface area contributed by atoms with Gasteiger partial charge in [-0.1, -0.05) is 96.1 Å². The molecule has 0 aromatic heterocycles. The molecule has 0 N–H and O–H groups in total. The van der Waals surface area contributed by atoms with Crippen LogP contribution in [-0.2, 0) is 9.47 Å². The molecule has 0 fully saturated rings. The molecule has 4 aromatic rings. The van der Waals surface area contributed by atoms with Crippen LogP contribution in [0.4, 0.5) is 9.59 Å².